The van der Waals surface area contributed by atoms with Crippen molar-refractivity contribution in [2.24, 2.45) is 4.99 Å². The number of nitrogens with one attached hydrogen (secondary N) is 1. The van der Waals surface area contributed by atoms with Gasteiger partial charge in [0.25, 0.3) is 0 Å². The third-order valence-corrected chi connectivity index (χ3v) is 4.40. The van der Waals surface area contributed by atoms with Crippen LogP contribution in [-0.4, -0.2) is 10.8 Å². The first-order chi connectivity index (χ1) is 13.3. The van der Waals surface area contributed by atoms with Crippen LogP contribution in [0.2, 0.25) is 0 Å². The molecule has 0 saturated carbocycles. The van der Waals surface area contributed by atoms with Gasteiger partial charge in [0.1, 0.15) is 0 Å². The average molecular weight is 351 g/mol. The molecule has 4 aromatic rings. The van der Waals surface area contributed by atoms with Gasteiger partial charge in [0.2, 0.25) is 0 Å². The van der Waals surface area contributed by atoms with Crippen molar-refractivity contribution in [1.82, 2.24) is 4.57 Å². The second-order valence-electron chi connectivity index (χ2n) is 6.37. The van der Waals surface area contributed by atoms with Crippen molar-refractivity contribution in [3.8, 4) is 5.69 Å². The first-order valence-electron chi connectivity index (χ1n) is 8.99. The highest BCUT2D eigenvalue weighted by Crippen LogP contribution is 2.21. The van der Waals surface area contributed by atoms with E-state index < -0.39 is 0 Å². The number of hydrogen-bond donors (Lipinski definition) is 1. The normalized spacial score (nSPS) is 11.0. The summed E-state index contributed by atoms with van der Waals surface area (Å²) in [4.78, 5) is 4.65. The predicted octanol–water partition coefficient (Wildman–Crippen LogP) is 6.28. The van der Waals surface area contributed by atoms with Gasteiger partial charge in [-0.3, -0.25) is 4.99 Å². The molecule has 0 saturated heterocycles. The summed E-state index contributed by atoms with van der Waals surface area (Å²) in [5.74, 6) is 0. The molecule has 0 fully saturated rings. The summed E-state index contributed by atoms with van der Waals surface area (Å²) < 4.78 is 2.20. The molecule has 0 atom stereocenters. The SMILES string of the molecule is Cc1ccc(C=Nc2ccc(Nc3ccccc3)cc2)n1-c1ccccc1. The summed E-state index contributed by atoms with van der Waals surface area (Å²) >= 11 is 0. The zero-order chi connectivity index (χ0) is 18.5. The van der Waals surface area contributed by atoms with Crippen molar-refractivity contribution in [2.45, 2.75) is 6.92 Å². The Morgan fingerprint density at radius 1 is 0.704 bits per heavy atom. The van der Waals surface area contributed by atoms with Gasteiger partial charge in [-0.1, -0.05) is 36.4 Å². The lowest BCUT2D eigenvalue weighted by Gasteiger charge is -2.09. The predicted molar refractivity (Wildman–Crippen MR) is 114 cm³/mol. The van der Waals surface area contributed by atoms with E-state index in [0.29, 0.717) is 0 Å². The molecule has 0 aliphatic rings. The molecule has 0 aliphatic heterocycles. The Balaban J connectivity index is 1.52. The quantitative estimate of drug-likeness (QED) is 0.421. The lowest BCUT2D eigenvalue weighted by atomic mass is 10.2. The largest absolute Gasteiger partial charge is 0.356 e. The van der Waals surface area contributed by atoms with Crippen LogP contribution in [0.25, 0.3) is 5.69 Å². The second-order valence-corrected chi connectivity index (χ2v) is 6.37. The molecule has 3 nitrogen and oxygen atoms in total. The molecular formula is C24H21N3. The second kappa shape index (κ2) is 7.75. The van der Waals surface area contributed by atoms with E-state index in [9.17, 15) is 0 Å². The van der Waals surface area contributed by atoms with Crippen LogP contribution in [0, 0.1) is 6.92 Å². The van der Waals surface area contributed by atoms with Crippen LogP contribution in [0.5, 0.6) is 0 Å². The third kappa shape index (κ3) is 3.98. The van der Waals surface area contributed by atoms with Crippen LogP contribution in [0.3, 0.4) is 0 Å². The number of anilines is 2. The molecule has 1 heterocycles. The van der Waals surface area contributed by atoms with Crippen LogP contribution in [0.15, 0.2) is 102 Å². The maximum atomic E-state index is 4.65. The molecule has 0 aliphatic carbocycles. The van der Waals surface area contributed by atoms with E-state index in [0.717, 1.165) is 28.4 Å². The van der Waals surface area contributed by atoms with Crippen LogP contribution in [0.4, 0.5) is 17.1 Å². The number of hydrogen-bond acceptors (Lipinski definition) is 2. The minimum atomic E-state index is 0.923. The van der Waals surface area contributed by atoms with Crippen LogP contribution >= 0.6 is 0 Å². The van der Waals surface area contributed by atoms with Gasteiger partial charge in [-0.2, -0.15) is 0 Å². The van der Waals surface area contributed by atoms with Gasteiger partial charge in [0.05, 0.1) is 17.6 Å². The molecule has 27 heavy (non-hydrogen) atoms. The number of aliphatic imine (C=N–C) groups is 1. The van der Waals surface area contributed by atoms with Crippen LogP contribution in [0.1, 0.15) is 11.4 Å². The summed E-state index contributed by atoms with van der Waals surface area (Å²) in [6, 6.07) is 32.8. The Labute approximate surface area is 159 Å². The van der Waals surface area contributed by atoms with E-state index in [1.165, 1.54) is 5.69 Å². The Hall–Kier alpha value is -3.59. The lowest BCUT2D eigenvalue weighted by Crippen LogP contribution is -2.00. The summed E-state index contributed by atoms with van der Waals surface area (Å²) in [5, 5.41) is 3.38. The summed E-state index contributed by atoms with van der Waals surface area (Å²) in [5.41, 5.74) is 6.43. The Kier molecular flexibility index (Phi) is 4.84. The Morgan fingerprint density at radius 2 is 1.33 bits per heavy atom. The first-order valence-corrected chi connectivity index (χ1v) is 8.99. The standard InChI is InChI=1S/C24H21N3/c1-19-12-17-24(27(19)23-10-6-3-7-11-23)18-25-20-13-15-22(16-14-20)26-21-8-4-2-5-9-21/h2-18,26H,1H3. The molecule has 0 radical (unpaired) electrons. The fourth-order valence-corrected chi connectivity index (χ4v) is 3.05. The molecular weight excluding hydrogens is 330 g/mol. The molecule has 0 spiro atoms. The van der Waals surface area contributed by atoms with Gasteiger partial charge in [-0.25, -0.2) is 0 Å². The average Bonchev–Trinajstić information content (AvgIpc) is 3.09. The van der Waals surface area contributed by atoms with E-state index in [4.69, 9.17) is 0 Å². The maximum absolute atomic E-state index is 4.65. The van der Waals surface area contributed by atoms with Crippen LogP contribution < -0.4 is 5.32 Å². The zero-order valence-corrected chi connectivity index (χ0v) is 15.2. The molecule has 1 N–H and O–H groups in total. The smallest absolute Gasteiger partial charge is 0.0641 e. The zero-order valence-electron chi connectivity index (χ0n) is 15.2. The molecule has 132 valence electrons. The molecule has 0 unspecified atom stereocenters. The minimum absolute atomic E-state index is 0.923. The van der Waals surface area contributed by atoms with Gasteiger partial charge in [-0.15, -0.1) is 0 Å². The van der Waals surface area contributed by atoms with Gasteiger partial charge in [0, 0.05) is 22.8 Å². The Morgan fingerprint density at radius 3 is 2.04 bits per heavy atom. The number of aromatic nitrogens is 1. The van der Waals surface area contributed by atoms with Gasteiger partial charge in [0.15, 0.2) is 0 Å². The fourth-order valence-electron chi connectivity index (χ4n) is 3.05. The molecule has 4 rings (SSSR count). The van der Waals surface area contributed by atoms with Crippen molar-refractivity contribution in [3.05, 3.63) is 108 Å². The van der Waals surface area contributed by atoms with E-state index in [1.807, 2.05) is 79.0 Å². The van der Waals surface area contributed by atoms with Crippen molar-refractivity contribution in [1.29, 1.82) is 0 Å². The van der Waals surface area contributed by atoms with Crippen molar-refractivity contribution < 1.29 is 0 Å². The number of rotatable bonds is 5. The summed E-state index contributed by atoms with van der Waals surface area (Å²) in [6.07, 6.45) is 1.92. The summed E-state index contributed by atoms with van der Waals surface area (Å²) in [7, 11) is 0. The van der Waals surface area contributed by atoms with Gasteiger partial charge in [-0.05, 0) is 67.6 Å². The first kappa shape index (κ1) is 16.9. The minimum Gasteiger partial charge on any atom is -0.356 e. The molecule has 3 heteroatoms. The lowest BCUT2D eigenvalue weighted by molar-refractivity contribution is 1.01. The van der Waals surface area contributed by atoms with E-state index in [1.54, 1.807) is 0 Å². The number of para-hydroxylation sites is 2. The van der Waals surface area contributed by atoms with Gasteiger partial charge >= 0.3 is 0 Å². The van der Waals surface area contributed by atoms with Gasteiger partial charge < -0.3 is 9.88 Å². The highest BCUT2D eigenvalue weighted by molar-refractivity contribution is 5.81. The van der Waals surface area contributed by atoms with Crippen molar-refractivity contribution in [3.63, 3.8) is 0 Å². The topological polar surface area (TPSA) is 29.3 Å². The highest BCUT2D eigenvalue weighted by Gasteiger charge is 2.05. The number of aryl methyl sites for hydroxylation is 1. The maximum Gasteiger partial charge on any atom is 0.0641 e. The van der Waals surface area contributed by atoms with E-state index in [-0.39, 0.29) is 0 Å². The third-order valence-electron chi connectivity index (χ3n) is 4.40. The summed E-state index contributed by atoms with van der Waals surface area (Å²) in [6.45, 7) is 2.11. The van der Waals surface area contributed by atoms with Crippen molar-refractivity contribution >= 4 is 23.3 Å². The van der Waals surface area contributed by atoms with E-state index in [2.05, 4.69) is 46.1 Å². The van der Waals surface area contributed by atoms with E-state index >= 15 is 0 Å². The van der Waals surface area contributed by atoms with Crippen LogP contribution in [-0.2, 0) is 0 Å². The number of benzene rings is 3. The molecule has 3 aromatic carbocycles. The molecule has 0 amide bonds. The fraction of sp³-hybridized carbons (Fsp3) is 0.0417. The highest BCUT2D eigenvalue weighted by atomic mass is 15.0. The monoisotopic (exact) mass is 351 g/mol. The molecule has 1 aromatic heterocycles. The van der Waals surface area contributed by atoms with Crippen molar-refractivity contribution in [2.75, 3.05) is 5.32 Å². The number of nitrogens with zero attached hydrogens (tertiary/aromatic N) is 2. The molecule has 0 bridgehead atoms. The Bertz CT molecular complexity index is 1030.